The molecule has 0 amide bonds. The number of aromatic nitrogens is 3. The summed E-state index contributed by atoms with van der Waals surface area (Å²) in [7, 11) is 0. The van der Waals surface area contributed by atoms with Crippen LogP contribution in [-0.4, -0.2) is 37.5 Å². The molecule has 1 aliphatic carbocycles. The Labute approximate surface area is 134 Å². The van der Waals surface area contributed by atoms with Crippen LogP contribution in [0, 0.1) is 0 Å². The van der Waals surface area contributed by atoms with Crippen LogP contribution in [0.2, 0.25) is 0 Å². The third-order valence-electron chi connectivity index (χ3n) is 3.86. The molecule has 0 saturated heterocycles. The lowest BCUT2D eigenvalue weighted by Crippen LogP contribution is -2.21. The van der Waals surface area contributed by atoms with Crippen molar-refractivity contribution in [2.75, 3.05) is 12.3 Å². The number of nitrogens with two attached hydrogens (primary N) is 1. The smallest absolute Gasteiger partial charge is 0.252 e. The van der Waals surface area contributed by atoms with Gasteiger partial charge >= 0.3 is 0 Å². The van der Waals surface area contributed by atoms with Crippen molar-refractivity contribution in [3.05, 3.63) is 28.7 Å². The molecule has 3 rings (SSSR count). The average molecular weight is 320 g/mol. The molecule has 0 atom stereocenters. The molecular weight excluding hydrogens is 296 g/mol. The summed E-state index contributed by atoms with van der Waals surface area (Å²) in [5.41, 5.74) is 5.84. The van der Waals surface area contributed by atoms with Gasteiger partial charge in [-0.1, -0.05) is 19.3 Å². The maximum atomic E-state index is 11.6. The molecule has 7 heteroatoms. The molecule has 4 N–H and O–H groups in total. The molecule has 2 aromatic rings. The standard InChI is InChI=1S/C10H12N4O2.C6H12O/c11-10-12-6-7-2-3-8(16)14(4-1-5-15)9(7)13-10;7-6-4-2-1-3-5-6/h2-3,6,15H,1,4-5H2,(H2,11,12,13);6-7H,1-5H2. The molecule has 0 unspecified atom stereocenters. The van der Waals surface area contributed by atoms with E-state index in [0.29, 0.717) is 18.6 Å². The Hall–Kier alpha value is -1.99. The predicted octanol–water partition coefficient (Wildman–Crippen LogP) is 1.07. The van der Waals surface area contributed by atoms with Crippen molar-refractivity contribution >= 4 is 17.0 Å². The normalized spacial score (nSPS) is 15.2. The summed E-state index contributed by atoms with van der Waals surface area (Å²) in [6, 6.07) is 3.12. The molecule has 2 heterocycles. The van der Waals surface area contributed by atoms with E-state index in [1.165, 1.54) is 29.9 Å². The van der Waals surface area contributed by atoms with E-state index in [4.69, 9.17) is 15.9 Å². The number of nitrogen functional groups attached to an aromatic ring is 1. The van der Waals surface area contributed by atoms with Gasteiger partial charge in [0.25, 0.3) is 5.56 Å². The fourth-order valence-electron chi connectivity index (χ4n) is 2.61. The maximum Gasteiger partial charge on any atom is 0.252 e. The minimum absolute atomic E-state index is 0.0311. The molecule has 126 valence electrons. The number of aliphatic hydroxyl groups is 2. The second kappa shape index (κ2) is 8.59. The molecule has 7 nitrogen and oxygen atoms in total. The van der Waals surface area contributed by atoms with E-state index in [2.05, 4.69) is 9.97 Å². The first-order chi connectivity index (χ1) is 11.1. The van der Waals surface area contributed by atoms with E-state index in [-0.39, 0.29) is 24.2 Å². The van der Waals surface area contributed by atoms with Crippen molar-refractivity contribution < 1.29 is 10.2 Å². The zero-order valence-electron chi connectivity index (χ0n) is 13.2. The van der Waals surface area contributed by atoms with E-state index < -0.39 is 0 Å². The molecule has 2 aromatic heterocycles. The summed E-state index contributed by atoms with van der Waals surface area (Å²) in [5.74, 6) is 0.135. The third-order valence-corrected chi connectivity index (χ3v) is 3.86. The van der Waals surface area contributed by atoms with Gasteiger partial charge in [-0.15, -0.1) is 0 Å². The average Bonchev–Trinajstić information content (AvgIpc) is 2.55. The van der Waals surface area contributed by atoms with Crippen LogP contribution < -0.4 is 11.3 Å². The first-order valence-electron chi connectivity index (χ1n) is 8.03. The van der Waals surface area contributed by atoms with E-state index in [1.54, 1.807) is 12.3 Å². The minimum atomic E-state index is -0.154. The van der Waals surface area contributed by atoms with Crippen LogP contribution in [0.15, 0.2) is 23.1 Å². The Bertz CT molecular complexity index is 681. The number of nitrogens with zero attached hydrogens (tertiary/aromatic N) is 3. The zero-order chi connectivity index (χ0) is 16.7. The topological polar surface area (TPSA) is 114 Å². The molecule has 0 aromatic carbocycles. The molecule has 1 saturated carbocycles. The Kier molecular flexibility index (Phi) is 6.49. The predicted molar refractivity (Wildman–Crippen MR) is 89.0 cm³/mol. The Balaban J connectivity index is 0.000000229. The quantitative estimate of drug-likeness (QED) is 0.779. The summed E-state index contributed by atoms with van der Waals surface area (Å²) >= 11 is 0. The molecule has 0 radical (unpaired) electrons. The van der Waals surface area contributed by atoms with Crippen LogP contribution >= 0.6 is 0 Å². The molecule has 1 aliphatic rings. The maximum absolute atomic E-state index is 11.6. The minimum Gasteiger partial charge on any atom is -0.396 e. The van der Waals surface area contributed by atoms with Crippen LogP contribution in [0.25, 0.3) is 11.0 Å². The lowest BCUT2D eigenvalue weighted by Gasteiger charge is -2.14. The van der Waals surface area contributed by atoms with Crippen molar-refractivity contribution in [3.63, 3.8) is 0 Å². The molecule has 0 bridgehead atoms. The van der Waals surface area contributed by atoms with Crippen molar-refractivity contribution in [2.45, 2.75) is 51.2 Å². The number of aliphatic hydroxyl groups excluding tert-OH is 2. The largest absolute Gasteiger partial charge is 0.396 e. The third kappa shape index (κ3) is 5.01. The first kappa shape index (κ1) is 17.4. The van der Waals surface area contributed by atoms with Crippen LogP contribution in [0.4, 0.5) is 5.95 Å². The summed E-state index contributed by atoms with van der Waals surface area (Å²) < 4.78 is 1.49. The second-order valence-electron chi connectivity index (χ2n) is 5.70. The van der Waals surface area contributed by atoms with Gasteiger partial charge < -0.3 is 15.9 Å². The SMILES string of the molecule is Nc1ncc2ccc(=O)n(CCCO)c2n1.OC1CCCCC1. The number of pyridine rings is 1. The highest BCUT2D eigenvalue weighted by Crippen LogP contribution is 2.16. The van der Waals surface area contributed by atoms with Gasteiger partial charge in [-0.25, -0.2) is 4.98 Å². The van der Waals surface area contributed by atoms with Crippen molar-refractivity contribution in [3.8, 4) is 0 Å². The monoisotopic (exact) mass is 320 g/mol. The lowest BCUT2D eigenvalue weighted by molar-refractivity contribution is 0.130. The van der Waals surface area contributed by atoms with Gasteiger partial charge in [0.15, 0.2) is 0 Å². The molecule has 0 aliphatic heterocycles. The second-order valence-corrected chi connectivity index (χ2v) is 5.70. The number of hydrogen-bond donors (Lipinski definition) is 3. The van der Waals surface area contributed by atoms with Crippen molar-refractivity contribution in [1.29, 1.82) is 0 Å². The van der Waals surface area contributed by atoms with Gasteiger partial charge in [0.2, 0.25) is 5.95 Å². The Morgan fingerprint density at radius 1 is 1.26 bits per heavy atom. The van der Waals surface area contributed by atoms with Crippen LogP contribution in [0.3, 0.4) is 0 Å². The number of rotatable bonds is 3. The number of hydrogen-bond acceptors (Lipinski definition) is 6. The van der Waals surface area contributed by atoms with Gasteiger partial charge in [-0.3, -0.25) is 9.36 Å². The van der Waals surface area contributed by atoms with E-state index in [9.17, 15) is 4.79 Å². The van der Waals surface area contributed by atoms with E-state index in [0.717, 1.165) is 18.2 Å². The molecule has 1 fully saturated rings. The van der Waals surface area contributed by atoms with Crippen LogP contribution in [-0.2, 0) is 6.54 Å². The van der Waals surface area contributed by atoms with E-state index in [1.807, 2.05) is 0 Å². The number of fused-ring (bicyclic) bond motifs is 1. The summed E-state index contributed by atoms with van der Waals surface area (Å²) in [6.45, 7) is 0.451. The highest BCUT2D eigenvalue weighted by atomic mass is 16.3. The number of aryl methyl sites for hydroxylation is 1. The van der Waals surface area contributed by atoms with Crippen LogP contribution in [0.1, 0.15) is 38.5 Å². The molecule has 0 spiro atoms. The molecular formula is C16H24N4O3. The fourth-order valence-corrected chi connectivity index (χ4v) is 2.61. The van der Waals surface area contributed by atoms with Crippen LogP contribution in [0.5, 0.6) is 0 Å². The Morgan fingerprint density at radius 2 is 2.00 bits per heavy atom. The summed E-state index contributed by atoms with van der Waals surface area (Å²) in [4.78, 5) is 19.5. The summed E-state index contributed by atoms with van der Waals surface area (Å²) in [6.07, 6.45) is 8.00. The lowest BCUT2D eigenvalue weighted by atomic mass is 9.98. The summed E-state index contributed by atoms with van der Waals surface area (Å²) in [5, 5.41) is 18.4. The van der Waals surface area contributed by atoms with Gasteiger partial charge in [0, 0.05) is 30.8 Å². The molecule has 23 heavy (non-hydrogen) atoms. The zero-order valence-corrected chi connectivity index (χ0v) is 13.2. The highest BCUT2D eigenvalue weighted by Gasteiger charge is 2.07. The van der Waals surface area contributed by atoms with Gasteiger partial charge in [0.05, 0.1) is 6.10 Å². The van der Waals surface area contributed by atoms with Gasteiger partial charge in [0.1, 0.15) is 5.65 Å². The van der Waals surface area contributed by atoms with Gasteiger partial charge in [-0.05, 0) is 25.3 Å². The van der Waals surface area contributed by atoms with E-state index >= 15 is 0 Å². The van der Waals surface area contributed by atoms with Crippen molar-refractivity contribution in [1.82, 2.24) is 14.5 Å². The first-order valence-corrected chi connectivity index (χ1v) is 8.03. The number of anilines is 1. The van der Waals surface area contributed by atoms with Gasteiger partial charge in [-0.2, -0.15) is 4.98 Å². The highest BCUT2D eigenvalue weighted by molar-refractivity contribution is 5.74. The Morgan fingerprint density at radius 3 is 2.61 bits per heavy atom. The fraction of sp³-hybridized carbons (Fsp3) is 0.562. The van der Waals surface area contributed by atoms with Crippen molar-refractivity contribution in [2.24, 2.45) is 0 Å².